The first-order valence-electron chi connectivity index (χ1n) is 38.3. The van der Waals surface area contributed by atoms with Gasteiger partial charge in [-0.2, -0.15) is 13.2 Å². The Morgan fingerprint density at radius 3 is 1.23 bits per heavy atom. The van der Waals surface area contributed by atoms with Crippen molar-refractivity contribution in [3.8, 4) is 11.5 Å². The third-order valence-electron chi connectivity index (χ3n) is 16.1. The van der Waals surface area contributed by atoms with E-state index in [4.69, 9.17) is 21.1 Å². The predicted molar refractivity (Wildman–Crippen MR) is 456 cm³/mol. The normalized spacial score (nSPS) is 11.2. The maximum Gasteiger partial charge on any atom is 0.540 e. The Hall–Kier alpha value is -14.0. The van der Waals surface area contributed by atoms with Gasteiger partial charge in [-0.1, -0.05) is 252 Å². The Balaban J connectivity index is 0.000000400. The molecule has 0 saturated carbocycles. The lowest BCUT2D eigenvalue weighted by atomic mass is 9.97. The van der Waals surface area contributed by atoms with E-state index in [-0.39, 0.29) is 64.7 Å². The molecule has 0 fully saturated rings. The molecule has 0 heterocycles. The molecule has 1 unspecified atom stereocenters. The molecule has 0 aliphatic rings. The molecule has 1 atom stereocenters. The molecule has 0 amide bonds. The maximum atomic E-state index is 12.8. The summed E-state index contributed by atoms with van der Waals surface area (Å²) >= 11 is 2.80. The lowest BCUT2D eigenvalue weighted by Crippen LogP contribution is -2.27. The van der Waals surface area contributed by atoms with Crippen molar-refractivity contribution in [2.45, 2.75) is 133 Å². The third-order valence-corrected chi connectivity index (χ3v) is 16.5. The zero-order chi connectivity index (χ0) is 92.8. The third kappa shape index (κ3) is 40.5. The van der Waals surface area contributed by atoms with Gasteiger partial charge in [0.1, 0.15) is 17.2 Å². The van der Waals surface area contributed by atoms with Gasteiger partial charge in [-0.15, -0.1) is 0 Å². The second-order valence-corrected chi connectivity index (χ2v) is 26.6. The zero-order valence-corrected chi connectivity index (χ0v) is 71.6. The second kappa shape index (κ2) is 58.9. The van der Waals surface area contributed by atoms with Crippen LogP contribution in [0.25, 0.3) is 0 Å². The summed E-state index contributed by atoms with van der Waals surface area (Å²) in [4.78, 5) is 176. The quantitative estimate of drug-likeness (QED) is 0.00336. The highest BCUT2D eigenvalue weighted by atomic mass is 35.5. The Morgan fingerprint density at radius 1 is 0.408 bits per heavy atom. The number of rotatable bonds is 36. The highest BCUT2D eigenvalue weighted by Crippen LogP contribution is 2.20. The van der Waals surface area contributed by atoms with Crippen LogP contribution in [-0.4, -0.2) is 148 Å². The summed E-state index contributed by atoms with van der Waals surface area (Å²) < 4.78 is 77.1. The highest BCUT2D eigenvalue weighted by molar-refractivity contribution is 7.74. The summed E-state index contributed by atoms with van der Waals surface area (Å²) in [5.74, 6) is -5.64. The topological polar surface area (TPSA) is 416 Å². The predicted octanol–water partition coefficient (Wildman–Crippen LogP) is 18.6. The van der Waals surface area contributed by atoms with Crippen LogP contribution in [0.1, 0.15) is 194 Å². The number of carbonyl (C=O) groups is 13. The number of alkyl halides is 3. The molecule has 0 N–H and O–H groups in total. The molecule has 0 aliphatic carbocycles. The van der Waals surface area contributed by atoms with E-state index >= 15 is 0 Å². The zero-order valence-electron chi connectivity index (χ0n) is 70.1. The smallest absolute Gasteiger partial charge is 0.540 e. The van der Waals surface area contributed by atoms with Crippen LogP contribution < -0.4 is 9.47 Å². The number of carbonyl (C=O) groups excluding carboxylic acids is 13. The van der Waals surface area contributed by atoms with Crippen molar-refractivity contribution in [3.05, 3.63) is 272 Å². The van der Waals surface area contributed by atoms with E-state index in [1.54, 1.807) is 159 Å². The van der Waals surface area contributed by atoms with E-state index in [2.05, 4.69) is 77.5 Å². The number of Topliss-reactive ketones (excluding diaryl/α,β-unsaturated/α-hetero) is 8. The van der Waals surface area contributed by atoms with Gasteiger partial charge >= 0.3 is 37.1 Å². The minimum absolute atomic E-state index is 0.0134. The number of unbranched alkanes of at least 4 members (excludes halogenated alkanes) is 6. The van der Waals surface area contributed by atoms with Crippen molar-refractivity contribution in [2.24, 2.45) is 25.8 Å². The van der Waals surface area contributed by atoms with Crippen LogP contribution in [0, 0.1) is 27.7 Å². The van der Waals surface area contributed by atoms with Crippen LogP contribution in [0.2, 0.25) is 5.02 Å². The average Bonchev–Trinajstić information content (AvgIpc) is 0.827. The van der Waals surface area contributed by atoms with Gasteiger partial charge in [0.15, 0.2) is 34.3 Å². The molecule has 0 aromatic heterocycles. The van der Waals surface area contributed by atoms with Crippen molar-refractivity contribution >= 4 is 128 Å². The molecule has 35 heteroatoms. The van der Waals surface area contributed by atoms with E-state index in [0.717, 1.165) is 74.1 Å². The molecular weight excluding hydrogens is 1680 g/mol. The second-order valence-electron chi connectivity index (χ2n) is 25.6. The number of hydrogen-bond donors (Lipinski definition) is 0. The van der Waals surface area contributed by atoms with Crippen molar-refractivity contribution in [3.63, 3.8) is 0 Å². The summed E-state index contributed by atoms with van der Waals surface area (Å²) in [6, 6.07) is 55.3. The van der Waals surface area contributed by atoms with Crippen molar-refractivity contribution in [2.75, 3.05) is 27.4 Å². The van der Waals surface area contributed by atoms with E-state index in [9.17, 15) is 84.3 Å². The number of hydrogen-bond acceptors (Lipinski definition) is 30. The first-order valence-corrected chi connectivity index (χ1v) is 39.6. The van der Waals surface area contributed by atoms with Gasteiger partial charge in [0.25, 0.3) is 0 Å². The minimum atomic E-state index is -3.67. The van der Waals surface area contributed by atoms with E-state index in [1.165, 1.54) is 62.8 Å². The molecule has 8 rings (SSSR count). The number of nitrogens with zero attached hydrogens (tertiary/aromatic N) is 5. The Kier molecular flexibility index (Phi) is 49.5. The van der Waals surface area contributed by atoms with Crippen LogP contribution in [-0.2, 0) is 63.6 Å². The van der Waals surface area contributed by atoms with Gasteiger partial charge in [0, 0.05) is 57.3 Å². The van der Waals surface area contributed by atoms with Crippen molar-refractivity contribution < 1.29 is 132 Å². The average molecular weight is 1770 g/mol. The number of benzene rings is 8. The molecule has 30 nitrogen and oxygen atoms in total. The molecule has 8 aromatic rings. The van der Waals surface area contributed by atoms with E-state index in [0.29, 0.717) is 34.7 Å². The molecule has 0 spiro atoms. The Morgan fingerprint density at radius 2 is 0.800 bits per heavy atom. The summed E-state index contributed by atoms with van der Waals surface area (Å²) in [7, 11) is 2.70. The monoisotopic (exact) mass is 1770 g/mol. The van der Waals surface area contributed by atoms with Gasteiger partial charge in [0.05, 0.1) is 27.4 Å². The number of ketones is 8. The number of para-hydroxylation sites is 1. The molecule has 0 radical (unpaired) electrons. The number of oxime groups is 5. The maximum absolute atomic E-state index is 12.8. The fraction of sp³-hybridized carbons (Fsp3) is 0.267. The van der Waals surface area contributed by atoms with Crippen LogP contribution in [0.5, 0.6) is 11.5 Å². The summed E-state index contributed by atoms with van der Waals surface area (Å²) in [6.45, 7) is 12.4. The highest BCUT2D eigenvalue weighted by Gasteiger charge is 2.29. The molecule has 8 aromatic carbocycles. The lowest BCUT2D eigenvalue weighted by molar-refractivity contribution is -0.141. The number of halogens is 4. The fourth-order valence-corrected chi connectivity index (χ4v) is 10.2. The summed E-state index contributed by atoms with van der Waals surface area (Å²) in [5, 5.41) is 17.6. The van der Waals surface area contributed by atoms with Crippen LogP contribution in [0.4, 0.5) is 27.6 Å². The molecule has 125 heavy (non-hydrogen) atoms. The van der Waals surface area contributed by atoms with Gasteiger partial charge in [-0.25, -0.2) is 28.2 Å². The van der Waals surface area contributed by atoms with Gasteiger partial charge < -0.3 is 37.4 Å². The van der Waals surface area contributed by atoms with Crippen molar-refractivity contribution in [1.29, 1.82) is 0 Å². The van der Waals surface area contributed by atoms with Gasteiger partial charge in [-0.05, 0) is 127 Å². The van der Waals surface area contributed by atoms with Crippen LogP contribution in [0.3, 0.4) is 0 Å². The number of aryl methyl sites for hydroxylation is 4. The Bertz CT molecular complexity index is 5090. The number of methoxy groups -OCH3 is 2. The fourth-order valence-electron chi connectivity index (χ4n) is 9.91. The van der Waals surface area contributed by atoms with Gasteiger partial charge in [-0.3, -0.25) is 52.9 Å². The van der Waals surface area contributed by atoms with E-state index < -0.39 is 112 Å². The summed E-state index contributed by atoms with van der Waals surface area (Å²) in [5.41, 5.74) is 3.91. The number of ether oxygens (including phenoxy) is 5. The molecular formula is C90H92ClF3N5O25S-. The first-order chi connectivity index (χ1) is 59.7. The molecule has 0 aliphatic heterocycles. The van der Waals surface area contributed by atoms with Crippen LogP contribution in [0.15, 0.2) is 232 Å². The standard InChI is InChI=1S/C22H23NO5.C20H19NO6.C18H25NO4.C17H12ClNO4.C12H13NO6S.CHF3/c1-2-3-4-11-16-19(24)20(21(25)17-12-7-5-8-13-17)23-28-22(26)27-18-14-9-6-10-15-18;1-4-26-20(24)27-21-17(18(22)14-7-5-13(2)6-8-14)19(23)15-9-11-16(25-3)12-10-15;1-5-6-7-8-9-16(19-23-18(21)22-4)17(20)15-11-10-13(2)12-14(15)3;1-11(20)23-19-15(16(21)12-5-3-2-4-6-12)17(22)13-7-9-14(18)10-8-13;1-3-18-12(15)10(13-19-20(16)17)11(14)9-6-4-8(2)5-7-9;2-1(3)4/h5-10,12-15H,2-4,11,16H2,1H3;5-12H,4H2,1-3H3;10-12H,5-9H2,1-4H3;2-10H,1H3;4-7H,3H2,1-2H3,(H,16,17);1H/p-1/b23-20+;21-17-;19-16+;19-15-;13-10-;. The molecule has 0 saturated heterocycles. The minimum Gasteiger partial charge on any atom is -0.738 e. The molecule has 0 bridgehead atoms. The summed E-state index contributed by atoms with van der Waals surface area (Å²) in [6.07, 6.45) is 5.09. The first kappa shape index (κ1) is 105. The van der Waals surface area contributed by atoms with E-state index in [1.807, 2.05) is 39.8 Å². The molecule has 662 valence electrons. The largest absolute Gasteiger partial charge is 0.738 e. The van der Waals surface area contributed by atoms with Gasteiger partial charge in [0.2, 0.25) is 46.2 Å². The SMILES string of the molecule is CC(=O)O/N=C(/C(=O)c1ccccc1)C(=O)c1ccc(Cl)cc1.CCCCCC/C(=N\OC(=O)OC)C(=O)c1ccc(C)cc1C.CCCCCCC(=O)/C(=N\OC(=O)Oc1ccccc1)C(=O)c1ccccc1.CCOC(=O)/C(=N\OS(=O)[O-])C(=O)c1ccc(C)cc1.CCOC(=O)O/N=C(/C(=O)c1ccc(C)cc1)C(=O)c1ccc(OC)cc1.FC(F)F. The van der Waals surface area contributed by atoms with Crippen molar-refractivity contribution in [1.82, 2.24) is 0 Å². The number of esters is 1. The lowest BCUT2D eigenvalue weighted by Gasteiger charge is -2.08. The Labute approximate surface area is 726 Å². The van der Waals surface area contributed by atoms with Crippen LogP contribution >= 0.6 is 11.6 Å².